The molecule has 0 spiro atoms. The van der Waals surface area contributed by atoms with Crippen molar-refractivity contribution < 1.29 is 9.59 Å². The number of benzene rings is 1. The Morgan fingerprint density at radius 3 is 2.20 bits per heavy atom. The fourth-order valence-electron chi connectivity index (χ4n) is 4.94. The lowest BCUT2D eigenvalue weighted by molar-refractivity contribution is -0.137. The van der Waals surface area contributed by atoms with Gasteiger partial charge in [-0.25, -0.2) is 0 Å². The first-order chi connectivity index (χ1) is 12.1. The maximum absolute atomic E-state index is 12.9. The monoisotopic (exact) mass is 341 g/mol. The van der Waals surface area contributed by atoms with Crippen molar-refractivity contribution in [3.8, 4) is 0 Å². The first-order valence-corrected chi connectivity index (χ1v) is 9.54. The summed E-state index contributed by atoms with van der Waals surface area (Å²) < 4.78 is 0. The van der Waals surface area contributed by atoms with Crippen molar-refractivity contribution in [2.24, 2.45) is 11.7 Å². The van der Waals surface area contributed by atoms with E-state index in [0.29, 0.717) is 11.9 Å². The number of carbonyl (C=O) groups is 2. The lowest BCUT2D eigenvalue weighted by Gasteiger charge is -2.39. The van der Waals surface area contributed by atoms with E-state index in [0.717, 1.165) is 58.2 Å². The predicted octanol–water partition coefficient (Wildman–Crippen LogP) is 1.34. The van der Waals surface area contributed by atoms with E-state index in [1.165, 1.54) is 11.1 Å². The number of carbonyl (C=O) groups excluding carboxylic acids is 2. The summed E-state index contributed by atoms with van der Waals surface area (Å²) in [7, 11) is 0. The third-order valence-corrected chi connectivity index (χ3v) is 6.27. The molecular weight excluding hydrogens is 314 g/mol. The van der Waals surface area contributed by atoms with Crippen molar-refractivity contribution in [2.45, 2.75) is 50.6 Å². The van der Waals surface area contributed by atoms with E-state index in [-0.39, 0.29) is 17.9 Å². The molecule has 0 saturated carbocycles. The summed E-state index contributed by atoms with van der Waals surface area (Å²) in [5.41, 5.74) is 8.21. The zero-order valence-electron chi connectivity index (χ0n) is 14.7. The molecule has 5 nitrogen and oxygen atoms in total. The maximum Gasteiger partial charge on any atom is 0.234 e. The number of hydrogen-bond donors (Lipinski definition) is 1. The van der Waals surface area contributed by atoms with Gasteiger partial charge < -0.3 is 10.6 Å². The highest BCUT2D eigenvalue weighted by Crippen LogP contribution is 2.30. The molecule has 2 N–H and O–H groups in total. The van der Waals surface area contributed by atoms with Crippen LogP contribution in [0.4, 0.5) is 0 Å². The summed E-state index contributed by atoms with van der Waals surface area (Å²) in [5, 5.41) is 0. The highest BCUT2D eigenvalue weighted by Gasteiger charge is 2.37. The van der Waals surface area contributed by atoms with Crippen LogP contribution in [0.5, 0.6) is 0 Å². The number of amides is 2. The minimum absolute atomic E-state index is 0.100. The fourth-order valence-corrected chi connectivity index (χ4v) is 4.94. The van der Waals surface area contributed by atoms with E-state index >= 15 is 0 Å². The molecule has 5 heteroatoms. The first kappa shape index (κ1) is 16.6. The summed E-state index contributed by atoms with van der Waals surface area (Å²) in [6, 6.07) is 8.70. The van der Waals surface area contributed by atoms with Crippen molar-refractivity contribution in [3.05, 3.63) is 35.4 Å². The van der Waals surface area contributed by atoms with Crippen molar-refractivity contribution in [1.82, 2.24) is 9.80 Å². The lowest BCUT2D eigenvalue weighted by atomic mass is 9.98. The van der Waals surface area contributed by atoms with Gasteiger partial charge in [0.25, 0.3) is 0 Å². The van der Waals surface area contributed by atoms with Gasteiger partial charge in [0.15, 0.2) is 0 Å². The summed E-state index contributed by atoms with van der Waals surface area (Å²) >= 11 is 0. The normalized spacial score (nSPS) is 25.3. The highest BCUT2D eigenvalue weighted by atomic mass is 16.2. The number of piperidine rings is 1. The van der Waals surface area contributed by atoms with Gasteiger partial charge in [-0.15, -0.1) is 0 Å². The zero-order chi connectivity index (χ0) is 17.4. The van der Waals surface area contributed by atoms with Gasteiger partial charge in [0.1, 0.15) is 0 Å². The smallest absolute Gasteiger partial charge is 0.234 e. The van der Waals surface area contributed by atoms with Crippen LogP contribution in [0.1, 0.15) is 36.8 Å². The Bertz CT molecular complexity index is 642. The van der Waals surface area contributed by atoms with Crippen molar-refractivity contribution in [1.29, 1.82) is 0 Å². The molecule has 134 valence electrons. The number of nitrogens with two attached hydrogens (primary N) is 1. The second-order valence-electron chi connectivity index (χ2n) is 7.73. The number of nitrogens with zero attached hydrogens (tertiary/aromatic N) is 2. The minimum atomic E-state index is -0.195. The van der Waals surface area contributed by atoms with Gasteiger partial charge in [0, 0.05) is 25.0 Å². The van der Waals surface area contributed by atoms with E-state index in [4.69, 9.17) is 5.73 Å². The third kappa shape index (κ3) is 3.17. The van der Waals surface area contributed by atoms with Crippen molar-refractivity contribution >= 4 is 11.8 Å². The van der Waals surface area contributed by atoms with Gasteiger partial charge in [-0.1, -0.05) is 24.3 Å². The zero-order valence-corrected chi connectivity index (χ0v) is 14.7. The molecule has 3 aliphatic rings. The maximum atomic E-state index is 12.9. The number of hydrogen-bond acceptors (Lipinski definition) is 3. The molecule has 2 amide bonds. The van der Waals surface area contributed by atoms with Crippen LogP contribution in [0, 0.1) is 5.92 Å². The van der Waals surface area contributed by atoms with E-state index in [9.17, 15) is 9.59 Å². The molecule has 2 saturated heterocycles. The quantitative estimate of drug-likeness (QED) is 0.902. The van der Waals surface area contributed by atoms with E-state index in [1.807, 2.05) is 4.90 Å². The molecule has 1 atom stereocenters. The Hall–Kier alpha value is -1.88. The SMILES string of the molecule is NC(=O)C1CCCN1C1CCN(C(=O)C2Cc3ccccc3C2)CC1. The number of rotatable bonds is 3. The van der Waals surface area contributed by atoms with Gasteiger partial charge in [-0.3, -0.25) is 14.5 Å². The summed E-state index contributed by atoms with van der Waals surface area (Å²) in [6.07, 6.45) is 5.60. The minimum Gasteiger partial charge on any atom is -0.368 e. The summed E-state index contributed by atoms with van der Waals surface area (Å²) in [5.74, 6) is 0.223. The van der Waals surface area contributed by atoms with Crippen LogP contribution < -0.4 is 5.73 Å². The summed E-state index contributed by atoms with van der Waals surface area (Å²) in [4.78, 5) is 28.9. The van der Waals surface area contributed by atoms with Crippen LogP contribution in [0.2, 0.25) is 0 Å². The fraction of sp³-hybridized carbons (Fsp3) is 0.600. The summed E-state index contributed by atoms with van der Waals surface area (Å²) in [6.45, 7) is 2.57. The second-order valence-corrected chi connectivity index (χ2v) is 7.73. The van der Waals surface area contributed by atoms with E-state index < -0.39 is 0 Å². The average molecular weight is 341 g/mol. The van der Waals surface area contributed by atoms with Crippen molar-refractivity contribution in [3.63, 3.8) is 0 Å². The Morgan fingerprint density at radius 1 is 0.960 bits per heavy atom. The highest BCUT2D eigenvalue weighted by molar-refractivity contribution is 5.81. The predicted molar refractivity (Wildman–Crippen MR) is 95.9 cm³/mol. The topological polar surface area (TPSA) is 66.6 Å². The van der Waals surface area contributed by atoms with Crippen LogP contribution in [0.3, 0.4) is 0 Å². The van der Waals surface area contributed by atoms with Gasteiger partial charge in [-0.2, -0.15) is 0 Å². The Kier molecular flexibility index (Phi) is 4.50. The largest absolute Gasteiger partial charge is 0.368 e. The Balaban J connectivity index is 1.33. The second kappa shape index (κ2) is 6.79. The van der Waals surface area contributed by atoms with Crippen LogP contribution in [0.15, 0.2) is 24.3 Å². The van der Waals surface area contributed by atoms with Gasteiger partial charge in [0.2, 0.25) is 11.8 Å². The van der Waals surface area contributed by atoms with Crippen LogP contribution in [-0.2, 0) is 22.4 Å². The molecule has 1 aromatic carbocycles. The van der Waals surface area contributed by atoms with Gasteiger partial charge in [0.05, 0.1) is 6.04 Å². The van der Waals surface area contributed by atoms with Crippen LogP contribution in [-0.4, -0.2) is 53.3 Å². The Labute approximate surface area is 149 Å². The number of fused-ring (bicyclic) bond motifs is 1. The molecule has 0 bridgehead atoms. The number of likely N-dealkylation sites (tertiary alicyclic amines) is 2. The molecule has 1 aliphatic carbocycles. The molecule has 2 fully saturated rings. The molecule has 2 aliphatic heterocycles. The number of primary amides is 1. The molecule has 0 radical (unpaired) electrons. The molecule has 2 heterocycles. The molecular formula is C20H27N3O2. The average Bonchev–Trinajstić information content (AvgIpc) is 3.28. The van der Waals surface area contributed by atoms with Crippen LogP contribution in [0.25, 0.3) is 0 Å². The standard InChI is InChI=1S/C20H27N3O2/c21-19(24)18-6-3-9-23(18)17-7-10-22(11-8-17)20(25)16-12-14-4-1-2-5-15(14)13-16/h1-2,4-5,16-18H,3,6-13H2,(H2,21,24). The Morgan fingerprint density at radius 2 is 1.60 bits per heavy atom. The first-order valence-electron chi connectivity index (χ1n) is 9.54. The molecule has 1 aromatic rings. The van der Waals surface area contributed by atoms with E-state index in [2.05, 4.69) is 29.2 Å². The van der Waals surface area contributed by atoms with E-state index in [1.54, 1.807) is 0 Å². The lowest BCUT2D eigenvalue weighted by Crippen LogP contribution is -2.52. The molecule has 25 heavy (non-hydrogen) atoms. The van der Waals surface area contributed by atoms with Gasteiger partial charge >= 0.3 is 0 Å². The van der Waals surface area contributed by atoms with Gasteiger partial charge in [-0.05, 0) is 56.2 Å². The van der Waals surface area contributed by atoms with Crippen LogP contribution >= 0.6 is 0 Å². The molecule has 0 aromatic heterocycles. The third-order valence-electron chi connectivity index (χ3n) is 6.27. The van der Waals surface area contributed by atoms with Crippen molar-refractivity contribution in [2.75, 3.05) is 19.6 Å². The molecule has 1 unspecified atom stereocenters. The molecule has 4 rings (SSSR count).